The maximum absolute atomic E-state index is 13.2. The number of aromatic nitrogens is 2. The van der Waals surface area contributed by atoms with Crippen molar-refractivity contribution in [2.24, 2.45) is 11.8 Å². The summed E-state index contributed by atoms with van der Waals surface area (Å²) >= 11 is 0. The Bertz CT molecular complexity index is 1020. The van der Waals surface area contributed by atoms with Gasteiger partial charge in [-0.3, -0.25) is 0 Å². The fourth-order valence-corrected chi connectivity index (χ4v) is 5.11. The average Bonchev–Trinajstić information content (AvgIpc) is 3.40. The zero-order chi connectivity index (χ0) is 23.5. The topological polar surface area (TPSA) is 84.3 Å². The molecule has 0 saturated heterocycles. The van der Waals surface area contributed by atoms with Gasteiger partial charge in [-0.25, -0.2) is 18.2 Å². The zero-order valence-corrected chi connectivity index (χ0v) is 20.7. The molecule has 1 aromatic heterocycles. The number of carbonyl (C=O) groups excluding carboxylic acids is 1. The number of nitrogens with one attached hydrogen (secondary N) is 1. The van der Waals surface area contributed by atoms with Crippen LogP contribution in [0.4, 0.5) is 4.79 Å². The molecular weight excluding hydrogens is 424 g/mol. The molecule has 0 aliphatic heterocycles. The summed E-state index contributed by atoms with van der Waals surface area (Å²) in [5.41, 5.74) is 1.13. The van der Waals surface area contributed by atoms with Crippen molar-refractivity contribution in [3.05, 3.63) is 47.8 Å². The molecule has 1 N–H and O–H groups in total. The highest BCUT2D eigenvalue weighted by Crippen LogP contribution is 2.30. The largest absolute Gasteiger partial charge is 0.333 e. The SMILES string of the molecule is CC(C)Cn1c(CN(CC2CC2)C(=O)NC(C)(C)C)cnc1S(=O)(=O)Cc1ccccc1. The molecule has 0 unspecified atom stereocenters. The van der Waals surface area contributed by atoms with E-state index in [-0.39, 0.29) is 28.4 Å². The summed E-state index contributed by atoms with van der Waals surface area (Å²) in [7, 11) is -3.63. The summed E-state index contributed by atoms with van der Waals surface area (Å²) < 4.78 is 28.3. The minimum atomic E-state index is -3.63. The van der Waals surface area contributed by atoms with E-state index < -0.39 is 9.84 Å². The van der Waals surface area contributed by atoms with Gasteiger partial charge in [-0.05, 0) is 51.0 Å². The Morgan fingerprint density at radius 3 is 2.44 bits per heavy atom. The Morgan fingerprint density at radius 2 is 1.88 bits per heavy atom. The van der Waals surface area contributed by atoms with E-state index in [0.29, 0.717) is 25.6 Å². The van der Waals surface area contributed by atoms with E-state index in [1.807, 2.05) is 65.0 Å². The molecule has 0 atom stereocenters. The Morgan fingerprint density at radius 1 is 1.22 bits per heavy atom. The fourth-order valence-electron chi connectivity index (χ4n) is 3.61. The first-order valence-electron chi connectivity index (χ1n) is 11.3. The first-order valence-corrected chi connectivity index (χ1v) is 13.0. The van der Waals surface area contributed by atoms with Crippen molar-refractivity contribution in [1.82, 2.24) is 19.8 Å². The Balaban J connectivity index is 1.89. The summed E-state index contributed by atoms with van der Waals surface area (Å²) in [5, 5.41) is 3.12. The molecule has 1 aliphatic carbocycles. The standard InChI is InChI=1S/C24H36N4O3S/c1-18(2)14-28-21(16-27(15-19-11-12-19)22(29)26-24(3,4)5)13-25-23(28)32(30,31)17-20-9-7-6-8-10-20/h6-10,13,18-19H,11-12,14-17H2,1-5H3,(H,26,29). The van der Waals surface area contributed by atoms with Gasteiger partial charge in [0.25, 0.3) is 0 Å². The first kappa shape index (κ1) is 24.3. The van der Waals surface area contributed by atoms with Gasteiger partial charge in [-0.15, -0.1) is 0 Å². The zero-order valence-electron chi connectivity index (χ0n) is 19.8. The minimum Gasteiger partial charge on any atom is -0.333 e. The predicted octanol–water partition coefficient (Wildman–Crippen LogP) is 4.23. The van der Waals surface area contributed by atoms with E-state index in [1.54, 1.807) is 15.7 Å². The van der Waals surface area contributed by atoms with Crippen molar-refractivity contribution in [1.29, 1.82) is 0 Å². The lowest BCUT2D eigenvalue weighted by atomic mass is 10.1. The molecule has 176 valence electrons. The molecule has 1 heterocycles. The third-order valence-electron chi connectivity index (χ3n) is 5.22. The van der Waals surface area contributed by atoms with E-state index in [1.165, 1.54) is 0 Å². The van der Waals surface area contributed by atoms with E-state index in [4.69, 9.17) is 0 Å². The number of hydrogen-bond donors (Lipinski definition) is 1. The van der Waals surface area contributed by atoms with Crippen LogP contribution in [0.3, 0.4) is 0 Å². The third-order valence-corrected chi connectivity index (χ3v) is 6.82. The summed E-state index contributed by atoms with van der Waals surface area (Å²) in [5.74, 6) is 0.649. The second kappa shape index (κ2) is 9.65. The highest BCUT2D eigenvalue weighted by atomic mass is 32.2. The van der Waals surface area contributed by atoms with Crippen LogP contribution in [0.2, 0.25) is 0 Å². The Hall–Kier alpha value is -2.35. The summed E-state index contributed by atoms with van der Waals surface area (Å²) in [6.07, 6.45) is 3.87. The van der Waals surface area contributed by atoms with Gasteiger partial charge >= 0.3 is 6.03 Å². The molecule has 1 saturated carbocycles. The van der Waals surface area contributed by atoms with Crippen LogP contribution in [0, 0.1) is 11.8 Å². The van der Waals surface area contributed by atoms with Crippen LogP contribution < -0.4 is 5.32 Å². The van der Waals surface area contributed by atoms with Crippen LogP contribution in [0.25, 0.3) is 0 Å². The molecular formula is C24H36N4O3S. The fraction of sp³-hybridized carbons (Fsp3) is 0.583. The van der Waals surface area contributed by atoms with Crippen LogP contribution in [0.5, 0.6) is 0 Å². The number of carbonyl (C=O) groups is 1. The Labute approximate surface area is 192 Å². The highest BCUT2D eigenvalue weighted by molar-refractivity contribution is 7.90. The highest BCUT2D eigenvalue weighted by Gasteiger charge is 2.30. The number of hydrogen-bond acceptors (Lipinski definition) is 4. The van der Waals surface area contributed by atoms with Gasteiger partial charge in [-0.1, -0.05) is 44.2 Å². The van der Waals surface area contributed by atoms with Gasteiger partial charge in [0.2, 0.25) is 15.0 Å². The van der Waals surface area contributed by atoms with E-state index in [0.717, 1.165) is 24.1 Å². The maximum Gasteiger partial charge on any atom is 0.318 e. The molecule has 7 nitrogen and oxygen atoms in total. The van der Waals surface area contributed by atoms with Crippen LogP contribution in [0.1, 0.15) is 58.7 Å². The molecule has 0 bridgehead atoms. The molecule has 0 spiro atoms. The number of urea groups is 1. The smallest absolute Gasteiger partial charge is 0.318 e. The minimum absolute atomic E-state index is 0.0765. The Kier molecular flexibility index (Phi) is 7.32. The molecule has 2 aromatic rings. The van der Waals surface area contributed by atoms with Gasteiger partial charge < -0.3 is 14.8 Å². The van der Waals surface area contributed by atoms with Crippen molar-refractivity contribution in [2.45, 2.75) is 77.0 Å². The predicted molar refractivity (Wildman–Crippen MR) is 126 cm³/mol. The summed E-state index contributed by atoms with van der Waals surface area (Å²) in [4.78, 5) is 19.1. The molecule has 32 heavy (non-hydrogen) atoms. The van der Waals surface area contributed by atoms with Crippen molar-refractivity contribution in [2.75, 3.05) is 6.54 Å². The van der Waals surface area contributed by atoms with Gasteiger partial charge in [0.05, 0.1) is 24.2 Å². The monoisotopic (exact) mass is 460 g/mol. The second-order valence-corrected chi connectivity index (χ2v) is 12.2. The van der Waals surface area contributed by atoms with Crippen LogP contribution in [-0.2, 0) is 28.7 Å². The number of rotatable bonds is 9. The van der Waals surface area contributed by atoms with E-state index in [9.17, 15) is 13.2 Å². The quantitative estimate of drug-likeness (QED) is 0.607. The van der Waals surface area contributed by atoms with Crippen molar-refractivity contribution in [3.63, 3.8) is 0 Å². The van der Waals surface area contributed by atoms with Crippen molar-refractivity contribution in [3.8, 4) is 0 Å². The van der Waals surface area contributed by atoms with Crippen molar-refractivity contribution < 1.29 is 13.2 Å². The van der Waals surface area contributed by atoms with Crippen LogP contribution in [0.15, 0.2) is 41.7 Å². The van der Waals surface area contributed by atoms with Gasteiger partial charge in [0.1, 0.15) is 0 Å². The number of sulfone groups is 1. The molecule has 1 aromatic carbocycles. The lowest BCUT2D eigenvalue weighted by molar-refractivity contribution is 0.181. The number of nitrogens with zero attached hydrogens (tertiary/aromatic N) is 3. The maximum atomic E-state index is 13.2. The van der Waals surface area contributed by atoms with Gasteiger partial charge in [-0.2, -0.15) is 0 Å². The molecule has 2 amide bonds. The third kappa shape index (κ3) is 6.82. The average molecular weight is 461 g/mol. The number of benzene rings is 1. The second-order valence-electron chi connectivity index (χ2n) is 10.3. The normalized spacial score (nSPS) is 14.6. The lowest BCUT2D eigenvalue weighted by Crippen LogP contribution is -2.49. The molecule has 1 fully saturated rings. The summed E-state index contributed by atoms with van der Waals surface area (Å²) in [6.45, 7) is 11.5. The van der Waals surface area contributed by atoms with E-state index in [2.05, 4.69) is 10.3 Å². The molecule has 0 radical (unpaired) electrons. The van der Waals surface area contributed by atoms with Gasteiger partial charge in [0.15, 0.2) is 0 Å². The molecule has 8 heteroatoms. The van der Waals surface area contributed by atoms with E-state index >= 15 is 0 Å². The van der Waals surface area contributed by atoms with Crippen LogP contribution in [-0.4, -0.2) is 41.0 Å². The summed E-state index contributed by atoms with van der Waals surface area (Å²) in [6, 6.07) is 9.02. The van der Waals surface area contributed by atoms with Crippen LogP contribution >= 0.6 is 0 Å². The molecule has 3 rings (SSSR count). The number of amides is 2. The number of imidazole rings is 1. The lowest BCUT2D eigenvalue weighted by Gasteiger charge is -2.29. The van der Waals surface area contributed by atoms with Gasteiger partial charge in [0, 0.05) is 18.6 Å². The molecule has 1 aliphatic rings. The van der Waals surface area contributed by atoms with Crippen molar-refractivity contribution >= 4 is 15.9 Å². The first-order chi connectivity index (χ1) is 14.9.